The van der Waals surface area contributed by atoms with Crippen LogP contribution in [0.2, 0.25) is 0 Å². The summed E-state index contributed by atoms with van der Waals surface area (Å²) in [7, 11) is -3.28. The third-order valence-electron chi connectivity index (χ3n) is 10.2. The predicted octanol–water partition coefficient (Wildman–Crippen LogP) is 9.56. The summed E-state index contributed by atoms with van der Waals surface area (Å²) >= 11 is 0. The number of nitrogens with one attached hydrogen (secondary N) is 1. The van der Waals surface area contributed by atoms with E-state index in [0.717, 1.165) is 36.0 Å². The van der Waals surface area contributed by atoms with Crippen LogP contribution < -0.4 is 14.8 Å². The van der Waals surface area contributed by atoms with Crippen molar-refractivity contribution in [2.45, 2.75) is 117 Å². The monoisotopic (exact) mass is 931 g/mol. The van der Waals surface area contributed by atoms with Gasteiger partial charge in [0.25, 0.3) is 10.1 Å². The molecule has 1 amide bonds. The molecule has 364 valence electrons. The number of hydrogen-bond donors (Lipinski definition) is 3. The number of fused-ring (bicyclic) bond motifs is 3. The molecule has 0 radical (unpaired) electrons. The maximum atomic E-state index is 10.6. The molecule has 2 aliphatic rings. The molecule has 11 nitrogen and oxygen atoms in total. The molecule has 12 heteroatoms. The Morgan fingerprint density at radius 2 is 1.26 bits per heavy atom. The minimum Gasteiger partial charge on any atom is -0.493 e. The molecule has 6 rings (SSSR count). The highest BCUT2D eigenvalue weighted by Crippen LogP contribution is 2.56. The Morgan fingerprint density at radius 3 is 1.59 bits per heavy atom. The van der Waals surface area contributed by atoms with Crippen molar-refractivity contribution < 1.29 is 41.8 Å². The first kappa shape index (κ1) is 55.8. The van der Waals surface area contributed by atoms with Crippen molar-refractivity contribution in [3.8, 4) is 22.6 Å². The van der Waals surface area contributed by atoms with Crippen LogP contribution in [0.3, 0.4) is 0 Å². The van der Waals surface area contributed by atoms with Crippen molar-refractivity contribution in [1.82, 2.24) is 10.2 Å². The van der Waals surface area contributed by atoms with Gasteiger partial charge in [0.05, 0.1) is 30.5 Å². The maximum Gasteiger partial charge on any atom is 0.264 e. The van der Waals surface area contributed by atoms with E-state index in [-0.39, 0.29) is 37.2 Å². The van der Waals surface area contributed by atoms with Gasteiger partial charge in [0.15, 0.2) is 0 Å². The summed E-state index contributed by atoms with van der Waals surface area (Å²) in [6.45, 7) is 29.3. The quantitative estimate of drug-likeness (QED) is 0.0379. The molecule has 2 unspecified atom stereocenters. The molecule has 1 heterocycles. The molecule has 66 heavy (non-hydrogen) atoms. The van der Waals surface area contributed by atoms with E-state index in [9.17, 15) is 23.4 Å². The van der Waals surface area contributed by atoms with Gasteiger partial charge >= 0.3 is 0 Å². The molecule has 1 saturated heterocycles. The van der Waals surface area contributed by atoms with E-state index in [0.29, 0.717) is 24.5 Å². The Labute approximate surface area is 396 Å². The van der Waals surface area contributed by atoms with Gasteiger partial charge in [0.2, 0.25) is 5.91 Å². The Balaban J connectivity index is 0.000000374. The molecule has 1 aliphatic heterocycles. The fourth-order valence-corrected chi connectivity index (χ4v) is 8.13. The van der Waals surface area contributed by atoms with Crippen LogP contribution in [-0.2, 0) is 29.2 Å². The standard InChI is InChI=1S/C36H40O5.C7H13NO.C6H13N.C5H12O3S/c1-3-4-21-39-24-29(38)25-41-31-19-15-28(16-20-31)36(27-13-17-30(18-14-27)40-23-26(2)22-37)34-11-7-5-9-32(34)33-10-6-8-12-35(33)36;1-5-6(9)8-7(2,3)4;1-6(2,3)7-4-5-7;1-5(2,3)8-9(4,6)7/h5-20,26,29,37-38H,3-4,21-25H2,1-2H3;5H,1H2,2-4H3,(H,8,9);4-5H2,1-3H3;1-4H3. The molecular formula is C54H78N2O9S. The van der Waals surface area contributed by atoms with Gasteiger partial charge in [0, 0.05) is 43.3 Å². The number of hydrogen-bond acceptors (Lipinski definition) is 10. The molecule has 3 N–H and O–H groups in total. The smallest absolute Gasteiger partial charge is 0.264 e. The van der Waals surface area contributed by atoms with Crippen LogP contribution >= 0.6 is 0 Å². The number of benzene rings is 4. The number of unbranched alkanes of at least 4 members (excludes halogenated alkanes) is 1. The van der Waals surface area contributed by atoms with Crippen LogP contribution in [0.1, 0.15) is 111 Å². The van der Waals surface area contributed by atoms with Crippen molar-refractivity contribution in [2.75, 3.05) is 52.4 Å². The highest BCUT2D eigenvalue weighted by Gasteiger charge is 2.46. The first-order valence-corrected chi connectivity index (χ1v) is 24.8. The van der Waals surface area contributed by atoms with Crippen LogP contribution in [0.5, 0.6) is 11.5 Å². The van der Waals surface area contributed by atoms with Gasteiger partial charge in [0.1, 0.15) is 24.2 Å². The second-order valence-electron chi connectivity index (χ2n) is 19.9. The zero-order valence-electron chi connectivity index (χ0n) is 41.6. The minimum absolute atomic E-state index is 0.0741. The van der Waals surface area contributed by atoms with E-state index in [2.05, 4.69) is 121 Å². The molecule has 1 fully saturated rings. The van der Waals surface area contributed by atoms with Gasteiger partial charge in [-0.15, -0.1) is 0 Å². The zero-order chi connectivity index (χ0) is 49.3. The highest BCUT2D eigenvalue weighted by atomic mass is 32.2. The zero-order valence-corrected chi connectivity index (χ0v) is 42.5. The number of nitrogens with zero attached hydrogens (tertiary/aromatic N) is 1. The van der Waals surface area contributed by atoms with Crippen LogP contribution in [-0.4, -0.2) is 105 Å². The van der Waals surface area contributed by atoms with Gasteiger partial charge in [-0.05, 0) is 132 Å². The van der Waals surface area contributed by atoms with Crippen molar-refractivity contribution >= 4 is 16.0 Å². The SMILES string of the molecule is C=CC(=O)NC(C)(C)C.CC(C)(C)N1CC1.CC(C)(C)OS(C)(=O)=O.CCCCOCC(O)COc1ccc(C2(c3ccc(OCC(C)CO)cc3)c3ccccc3-c3ccccc32)cc1. The number of carbonyl (C=O) groups is 1. The Morgan fingerprint density at radius 1 is 0.788 bits per heavy atom. The summed E-state index contributed by atoms with van der Waals surface area (Å²) in [6, 6.07) is 33.8. The predicted molar refractivity (Wildman–Crippen MR) is 268 cm³/mol. The van der Waals surface area contributed by atoms with Crippen LogP contribution in [0, 0.1) is 5.92 Å². The lowest BCUT2D eigenvalue weighted by Gasteiger charge is -2.34. The summed E-state index contributed by atoms with van der Waals surface area (Å²) in [4.78, 5) is 13.0. The molecule has 1 aliphatic carbocycles. The number of rotatable bonds is 16. The normalized spacial score (nSPS) is 14.8. The van der Waals surface area contributed by atoms with E-state index in [4.69, 9.17) is 14.2 Å². The third kappa shape index (κ3) is 18.3. The number of ether oxygens (including phenoxy) is 3. The van der Waals surface area contributed by atoms with Gasteiger partial charge < -0.3 is 29.7 Å². The molecule has 0 saturated carbocycles. The Hall–Kier alpha value is -4.56. The molecular weight excluding hydrogens is 853 g/mol. The Kier molecular flexibility index (Phi) is 21.1. The van der Waals surface area contributed by atoms with Gasteiger partial charge in [-0.1, -0.05) is 99.6 Å². The number of carbonyl (C=O) groups excluding carboxylic acids is 1. The molecule has 0 aromatic heterocycles. The van der Waals surface area contributed by atoms with E-state index in [1.165, 1.54) is 41.4 Å². The first-order chi connectivity index (χ1) is 30.8. The minimum atomic E-state index is -3.28. The maximum absolute atomic E-state index is 10.6. The van der Waals surface area contributed by atoms with Crippen LogP contribution in [0.4, 0.5) is 0 Å². The van der Waals surface area contributed by atoms with Gasteiger partial charge in [-0.3, -0.25) is 13.9 Å². The Bertz CT molecular complexity index is 2150. The summed E-state index contributed by atoms with van der Waals surface area (Å²) < 4.78 is 42.9. The van der Waals surface area contributed by atoms with Crippen molar-refractivity contribution in [3.63, 3.8) is 0 Å². The van der Waals surface area contributed by atoms with Gasteiger partial charge in [-0.25, -0.2) is 0 Å². The summed E-state index contributed by atoms with van der Waals surface area (Å²) in [5.74, 6) is 1.44. The lowest BCUT2D eigenvalue weighted by Crippen LogP contribution is -2.39. The van der Waals surface area contributed by atoms with Gasteiger partial charge in [-0.2, -0.15) is 8.42 Å². The largest absolute Gasteiger partial charge is 0.493 e. The second kappa shape index (κ2) is 25.0. The number of aliphatic hydroxyl groups excluding tert-OH is 2. The van der Waals surface area contributed by atoms with E-state index < -0.39 is 27.2 Å². The third-order valence-corrected chi connectivity index (χ3v) is 11.1. The average Bonchev–Trinajstić information content (AvgIpc) is 4.07. The fraction of sp³-hybridized carbons (Fsp3) is 0.500. The lowest BCUT2D eigenvalue weighted by atomic mass is 9.68. The molecule has 4 aromatic rings. The van der Waals surface area contributed by atoms with Crippen molar-refractivity contribution in [1.29, 1.82) is 0 Å². The number of amides is 1. The average molecular weight is 931 g/mol. The van der Waals surface area contributed by atoms with Crippen LogP contribution in [0.15, 0.2) is 110 Å². The van der Waals surface area contributed by atoms with E-state index in [1.807, 2.05) is 52.0 Å². The molecule has 0 spiro atoms. The lowest BCUT2D eigenvalue weighted by molar-refractivity contribution is -0.117. The molecule has 0 bridgehead atoms. The summed E-state index contributed by atoms with van der Waals surface area (Å²) in [5.41, 5.74) is 6.38. The number of aliphatic hydroxyl groups is 2. The van der Waals surface area contributed by atoms with Crippen molar-refractivity contribution in [3.05, 3.63) is 132 Å². The van der Waals surface area contributed by atoms with Crippen molar-refractivity contribution in [2.24, 2.45) is 5.92 Å². The van der Waals surface area contributed by atoms with E-state index in [1.54, 1.807) is 20.8 Å². The molecule has 4 aromatic carbocycles. The summed E-state index contributed by atoms with van der Waals surface area (Å²) in [6.07, 6.45) is 3.69. The van der Waals surface area contributed by atoms with E-state index >= 15 is 0 Å². The summed E-state index contributed by atoms with van der Waals surface area (Å²) in [5, 5.41) is 22.4. The highest BCUT2D eigenvalue weighted by molar-refractivity contribution is 7.86. The topological polar surface area (TPSA) is 144 Å². The first-order valence-electron chi connectivity index (χ1n) is 23.0. The fourth-order valence-electron chi connectivity index (χ4n) is 7.22. The second-order valence-corrected chi connectivity index (χ2v) is 21.5. The molecule has 2 atom stereocenters. The van der Waals surface area contributed by atoms with Crippen LogP contribution in [0.25, 0.3) is 11.1 Å².